The van der Waals surface area contributed by atoms with Crippen LogP contribution in [0.1, 0.15) is 17.1 Å². The molecule has 23 heavy (non-hydrogen) atoms. The highest BCUT2D eigenvalue weighted by molar-refractivity contribution is 7.09. The Morgan fingerprint density at radius 1 is 1.35 bits per heavy atom. The van der Waals surface area contributed by atoms with Crippen molar-refractivity contribution in [2.75, 3.05) is 34.2 Å². The second-order valence-electron chi connectivity index (χ2n) is 4.84. The lowest BCUT2D eigenvalue weighted by Crippen LogP contribution is -2.40. The van der Waals surface area contributed by atoms with E-state index in [1.165, 1.54) is 4.90 Å². The van der Waals surface area contributed by atoms with Gasteiger partial charge in [-0.15, -0.1) is 11.3 Å². The topological polar surface area (TPSA) is 69.6 Å². The van der Waals surface area contributed by atoms with E-state index in [-0.39, 0.29) is 5.91 Å². The van der Waals surface area contributed by atoms with Gasteiger partial charge < -0.3 is 15.5 Å². The Morgan fingerprint density at radius 2 is 2.00 bits per heavy atom. The fourth-order valence-electron chi connectivity index (χ4n) is 1.58. The van der Waals surface area contributed by atoms with Gasteiger partial charge in [-0.05, 0) is 0 Å². The van der Waals surface area contributed by atoms with Gasteiger partial charge in [0.25, 0.3) is 0 Å². The molecule has 0 radical (unpaired) electrons. The molecule has 0 aliphatic rings. The zero-order valence-electron chi connectivity index (χ0n) is 13.2. The average Bonchev–Trinajstić information content (AvgIpc) is 2.94. The Morgan fingerprint density at radius 3 is 2.52 bits per heavy atom. The molecule has 0 aliphatic heterocycles. The molecule has 0 unspecified atom stereocenters. The summed E-state index contributed by atoms with van der Waals surface area (Å²) in [5.41, 5.74) is -0.859. The number of hydrogen-bond acceptors (Lipinski definition) is 4. The van der Waals surface area contributed by atoms with E-state index in [1.54, 1.807) is 21.1 Å². The molecule has 2 N–H and O–H groups in total. The Balaban J connectivity index is 2.33. The number of aliphatic imine (C=N–C) groups is 1. The van der Waals surface area contributed by atoms with Crippen molar-refractivity contribution >= 4 is 23.2 Å². The third-order valence-corrected chi connectivity index (χ3v) is 3.74. The highest BCUT2D eigenvalue weighted by atomic mass is 32.1. The normalized spacial score (nSPS) is 12.2. The third kappa shape index (κ3) is 6.85. The molecule has 6 nitrogen and oxygen atoms in total. The molecule has 0 fully saturated rings. The third-order valence-electron chi connectivity index (χ3n) is 2.83. The van der Waals surface area contributed by atoms with E-state index < -0.39 is 11.9 Å². The van der Waals surface area contributed by atoms with Crippen molar-refractivity contribution in [1.82, 2.24) is 20.5 Å². The Hall–Kier alpha value is -1.84. The minimum atomic E-state index is -4.40. The Kier molecular flexibility index (Phi) is 7.27. The van der Waals surface area contributed by atoms with Gasteiger partial charge in [0.1, 0.15) is 0 Å². The molecule has 1 aromatic heterocycles. The van der Waals surface area contributed by atoms with Crippen molar-refractivity contribution in [2.24, 2.45) is 4.99 Å². The van der Waals surface area contributed by atoms with Crippen molar-refractivity contribution in [3.05, 3.63) is 16.1 Å². The molecule has 0 aromatic carbocycles. The summed E-state index contributed by atoms with van der Waals surface area (Å²) in [6, 6.07) is 0. The summed E-state index contributed by atoms with van der Waals surface area (Å²) in [6.45, 7) is 0.818. The predicted octanol–water partition coefficient (Wildman–Crippen LogP) is 1.35. The van der Waals surface area contributed by atoms with Crippen LogP contribution in [0.2, 0.25) is 0 Å². The first kappa shape index (κ1) is 19.2. The van der Waals surface area contributed by atoms with Crippen LogP contribution in [0.4, 0.5) is 13.2 Å². The summed E-state index contributed by atoms with van der Waals surface area (Å²) in [7, 11) is 4.94. The first-order valence-electron chi connectivity index (χ1n) is 6.90. The second-order valence-corrected chi connectivity index (χ2v) is 5.78. The average molecular weight is 351 g/mol. The van der Waals surface area contributed by atoms with Crippen LogP contribution in [-0.4, -0.2) is 56.0 Å². The van der Waals surface area contributed by atoms with Gasteiger partial charge in [-0.3, -0.25) is 9.79 Å². The number of hydrogen-bond donors (Lipinski definition) is 2. The quantitative estimate of drug-likeness (QED) is 0.600. The number of amides is 1. The van der Waals surface area contributed by atoms with Crippen LogP contribution >= 0.6 is 11.3 Å². The molecule has 0 saturated carbocycles. The molecule has 1 rings (SSSR count). The van der Waals surface area contributed by atoms with Gasteiger partial charge in [-0.2, -0.15) is 13.2 Å². The maximum Gasteiger partial charge on any atom is 0.434 e. The van der Waals surface area contributed by atoms with Crippen molar-refractivity contribution in [3.8, 4) is 0 Å². The van der Waals surface area contributed by atoms with Crippen LogP contribution in [0, 0.1) is 0 Å². The molecule has 0 aliphatic carbocycles. The maximum absolute atomic E-state index is 12.4. The van der Waals surface area contributed by atoms with Gasteiger partial charge in [0, 0.05) is 52.5 Å². The van der Waals surface area contributed by atoms with E-state index in [0.29, 0.717) is 36.9 Å². The summed E-state index contributed by atoms with van der Waals surface area (Å²) in [5, 5.41) is 7.35. The molecule has 1 heterocycles. The Bertz CT molecular complexity index is 542. The summed E-state index contributed by atoms with van der Waals surface area (Å²) in [5.74, 6) is 0.486. The molecule has 0 saturated heterocycles. The minimum absolute atomic E-state index is 0.00424. The van der Waals surface area contributed by atoms with Crippen LogP contribution in [0.15, 0.2) is 10.4 Å². The summed E-state index contributed by atoms with van der Waals surface area (Å²) in [6.07, 6.45) is -3.72. The standard InChI is InChI=1S/C13H20F3N5OS/c1-17-12(19-7-5-11(22)21(2)3)18-6-4-10-20-9(8-23-10)13(14,15)16/h8H,4-7H2,1-3H3,(H2,17,18,19). The van der Waals surface area contributed by atoms with Crippen LogP contribution in [0.25, 0.3) is 0 Å². The molecule has 10 heteroatoms. The number of carbonyl (C=O) groups excluding carboxylic acids is 1. The van der Waals surface area contributed by atoms with Crippen LogP contribution in [0.5, 0.6) is 0 Å². The molecular formula is C13H20F3N5OS. The second kappa shape index (κ2) is 8.70. The molecule has 0 bridgehead atoms. The molecule has 1 amide bonds. The monoisotopic (exact) mass is 351 g/mol. The van der Waals surface area contributed by atoms with Crippen LogP contribution in [0.3, 0.4) is 0 Å². The number of aromatic nitrogens is 1. The number of nitrogens with zero attached hydrogens (tertiary/aromatic N) is 3. The molecule has 0 spiro atoms. The van der Waals surface area contributed by atoms with Gasteiger partial charge in [-0.1, -0.05) is 0 Å². The number of carbonyl (C=O) groups is 1. The zero-order chi connectivity index (χ0) is 17.5. The van der Waals surface area contributed by atoms with Crippen molar-refractivity contribution in [2.45, 2.75) is 19.0 Å². The lowest BCUT2D eigenvalue weighted by Gasteiger charge is -2.13. The fourth-order valence-corrected chi connectivity index (χ4v) is 2.38. The van der Waals surface area contributed by atoms with Gasteiger partial charge in [-0.25, -0.2) is 4.98 Å². The first-order valence-corrected chi connectivity index (χ1v) is 7.78. The minimum Gasteiger partial charge on any atom is -0.356 e. The predicted molar refractivity (Wildman–Crippen MR) is 83.5 cm³/mol. The van der Waals surface area contributed by atoms with E-state index in [1.807, 2.05) is 0 Å². The van der Waals surface area contributed by atoms with Crippen LogP contribution < -0.4 is 10.6 Å². The molecule has 0 atom stereocenters. The summed E-state index contributed by atoms with van der Waals surface area (Å²) in [4.78, 5) is 20.5. The number of halogens is 3. The van der Waals surface area contributed by atoms with E-state index in [9.17, 15) is 18.0 Å². The van der Waals surface area contributed by atoms with Gasteiger partial charge in [0.2, 0.25) is 5.91 Å². The van der Waals surface area contributed by atoms with Gasteiger partial charge >= 0.3 is 6.18 Å². The Labute approximate surface area is 136 Å². The largest absolute Gasteiger partial charge is 0.434 e. The molecular weight excluding hydrogens is 331 g/mol. The summed E-state index contributed by atoms with van der Waals surface area (Å²) >= 11 is 0.979. The van der Waals surface area contributed by atoms with E-state index >= 15 is 0 Å². The van der Waals surface area contributed by atoms with Crippen molar-refractivity contribution < 1.29 is 18.0 Å². The van der Waals surface area contributed by atoms with Crippen molar-refractivity contribution in [1.29, 1.82) is 0 Å². The number of rotatable bonds is 6. The van der Waals surface area contributed by atoms with Crippen molar-refractivity contribution in [3.63, 3.8) is 0 Å². The lowest BCUT2D eigenvalue weighted by molar-refractivity contribution is -0.140. The van der Waals surface area contributed by atoms with E-state index in [0.717, 1.165) is 16.7 Å². The number of nitrogens with one attached hydrogen (secondary N) is 2. The highest BCUT2D eigenvalue weighted by Crippen LogP contribution is 2.29. The zero-order valence-corrected chi connectivity index (χ0v) is 14.0. The number of guanidine groups is 1. The molecule has 1 aromatic rings. The van der Waals surface area contributed by atoms with Gasteiger partial charge in [0.15, 0.2) is 11.7 Å². The lowest BCUT2D eigenvalue weighted by atomic mass is 10.4. The van der Waals surface area contributed by atoms with E-state index in [4.69, 9.17) is 0 Å². The highest BCUT2D eigenvalue weighted by Gasteiger charge is 2.33. The number of alkyl halides is 3. The fraction of sp³-hybridized carbons (Fsp3) is 0.615. The summed E-state index contributed by atoms with van der Waals surface area (Å²) < 4.78 is 37.3. The first-order chi connectivity index (χ1) is 10.7. The molecule has 130 valence electrons. The maximum atomic E-state index is 12.4. The SMILES string of the molecule is CN=C(NCCC(=O)N(C)C)NCCc1nc(C(F)(F)F)cs1. The smallest absolute Gasteiger partial charge is 0.356 e. The van der Waals surface area contributed by atoms with E-state index in [2.05, 4.69) is 20.6 Å². The van der Waals surface area contributed by atoms with Gasteiger partial charge in [0.05, 0.1) is 5.01 Å². The number of thiazole rings is 1. The van der Waals surface area contributed by atoms with Crippen LogP contribution in [-0.2, 0) is 17.4 Å².